The Morgan fingerprint density at radius 2 is 1.83 bits per heavy atom. The summed E-state index contributed by atoms with van der Waals surface area (Å²) < 4.78 is 4.96. The summed E-state index contributed by atoms with van der Waals surface area (Å²) in [5, 5.41) is 13.5. The lowest BCUT2D eigenvalue weighted by Gasteiger charge is -2.21. The topological polar surface area (TPSA) is 136 Å². The number of nitrogens with one attached hydrogen (secondary N) is 1. The monoisotopic (exact) mass is 415 g/mol. The molecule has 3 rings (SSSR count). The van der Waals surface area contributed by atoms with Crippen molar-refractivity contribution in [2.45, 2.75) is 32.7 Å². The number of allylic oxidation sites excluding steroid dienone is 2. The Morgan fingerprint density at radius 1 is 1.23 bits per heavy atom. The fourth-order valence-corrected chi connectivity index (χ4v) is 3.71. The number of nitrogens with zero attached hydrogens (tertiary/aromatic N) is 2. The van der Waals surface area contributed by atoms with Crippen LogP contribution in [0.2, 0.25) is 0 Å². The Balaban J connectivity index is 1.61. The third-order valence-electron chi connectivity index (χ3n) is 5.33. The van der Waals surface area contributed by atoms with Gasteiger partial charge in [-0.1, -0.05) is 24.3 Å². The van der Waals surface area contributed by atoms with Crippen LogP contribution in [0.3, 0.4) is 0 Å². The fraction of sp³-hybridized carbons (Fsp3) is 0.400. The molecular formula is C20H21N3O7. The molecule has 10 heteroatoms. The first-order valence-corrected chi connectivity index (χ1v) is 9.44. The van der Waals surface area contributed by atoms with Crippen molar-refractivity contribution in [1.82, 2.24) is 4.90 Å². The highest BCUT2D eigenvalue weighted by molar-refractivity contribution is 6.08. The number of esters is 1. The molecule has 0 saturated carbocycles. The van der Waals surface area contributed by atoms with Gasteiger partial charge in [0, 0.05) is 6.07 Å². The summed E-state index contributed by atoms with van der Waals surface area (Å²) in [6.45, 7) is 2.25. The van der Waals surface area contributed by atoms with Gasteiger partial charge < -0.3 is 10.1 Å². The van der Waals surface area contributed by atoms with Crippen molar-refractivity contribution < 1.29 is 28.8 Å². The minimum absolute atomic E-state index is 0.0121. The molecule has 2 aliphatic rings. The van der Waals surface area contributed by atoms with E-state index < -0.39 is 53.1 Å². The van der Waals surface area contributed by atoms with Crippen LogP contribution in [0.5, 0.6) is 0 Å². The highest BCUT2D eigenvalue weighted by Gasteiger charge is 2.50. The molecule has 1 aliphatic carbocycles. The van der Waals surface area contributed by atoms with Gasteiger partial charge in [0.25, 0.3) is 11.6 Å². The van der Waals surface area contributed by atoms with Crippen molar-refractivity contribution in [3.63, 3.8) is 0 Å². The summed E-state index contributed by atoms with van der Waals surface area (Å²) in [6, 6.07) is 3.16. The number of imide groups is 1. The maximum atomic E-state index is 12.5. The molecule has 1 aromatic rings. The third-order valence-corrected chi connectivity index (χ3v) is 5.33. The molecule has 1 heterocycles. The number of hydrogen-bond acceptors (Lipinski definition) is 7. The number of fused-ring (bicyclic) bond motifs is 1. The smallest absolute Gasteiger partial charge is 0.329 e. The maximum absolute atomic E-state index is 12.5. The minimum atomic E-state index is -1.17. The number of hydrogen-bond donors (Lipinski definition) is 1. The van der Waals surface area contributed by atoms with Crippen molar-refractivity contribution in [3.8, 4) is 0 Å². The number of nitro groups is 1. The lowest BCUT2D eigenvalue weighted by Crippen LogP contribution is -2.45. The van der Waals surface area contributed by atoms with Crippen LogP contribution in [0.4, 0.5) is 11.4 Å². The average molecular weight is 415 g/mol. The summed E-state index contributed by atoms with van der Waals surface area (Å²) in [6.07, 6.45) is 4.58. The van der Waals surface area contributed by atoms with E-state index in [1.165, 1.54) is 19.1 Å². The van der Waals surface area contributed by atoms with E-state index in [-0.39, 0.29) is 11.4 Å². The van der Waals surface area contributed by atoms with Gasteiger partial charge in [-0.25, -0.2) is 4.79 Å². The molecule has 1 aliphatic heterocycles. The number of likely N-dealkylation sites (tertiary alicyclic amines) is 1. The average Bonchev–Trinajstić information content (AvgIpc) is 2.97. The maximum Gasteiger partial charge on any atom is 0.329 e. The van der Waals surface area contributed by atoms with Gasteiger partial charge in [0.15, 0.2) is 6.61 Å². The Labute approximate surface area is 172 Å². The highest BCUT2D eigenvalue weighted by Crippen LogP contribution is 2.36. The van der Waals surface area contributed by atoms with Crippen LogP contribution in [-0.2, 0) is 23.9 Å². The van der Waals surface area contributed by atoms with Gasteiger partial charge in [-0.3, -0.25) is 29.4 Å². The van der Waals surface area contributed by atoms with Crippen molar-refractivity contribution >= 4 is 35.1 Å². The van der Waals surface area contributed by atoms with E-state index in [1.54, 1.807) is 13.0 Å². The molecule has 1 saturated heterocycles. The molecule has 1 fully saturated rings. The number of amides is 3. The number of aryl methyl sites for hydroxylation is 1. The molecule has 0 spiro atoms. The van der Waals surface area contributed by atoms with Gasteiger partial charge in [0.1, 0.15) is 11.7 Å². The number of carbonyl (C=O) groups excluding carboxylic acids is 4. The van der Waals surface area contributed by atoms with Crippen LogP contribution in [0.15, 0.2) is 30.4 Å². The molecule has 0 unspecified atom stereocenters. The highest BCUT2D eigenvalue weighted by atomic mass is 16.6. The van der Waals surface area contributed by atoms with E-state index >= 15 is 0 Å². The van der Waals surface area contributed by atoms with E-state index in [2.05, 4.69) is 5.32 Å². The second-order valence-corrected chi connectivity index (χ2v) is 7.26. The number of rotatable bonds is 6. The van der Waals surface area contributed by atoms with Crippen LogP contribution in [0, 0.1) is 28.9 Å². The molecule has 0 aromatic heterocycles. The zero-order chi connectivity index (χ0) is 22.0. The van der Waals surface area contributed by atoms with Crippen LogP contribution in [0.1, 0.15) is 25.3 Å². The predicted octanol–water partition coefficient (Wildman–Crippen LogP) is 1.72. The summed E-state index contributed by atoms with van der Waals surface area (Å²) >= 11 is 0. The Hall–Kier alpha value is -3.56. The SMILES string of the molecule is Cc1cccc([N+](=O)[O-])c1NC(=O)COC(=O)[C@H](C)N1C(=O)[C@@H]2CC=CC[C@H]2C1=O. The first kappa shape index (κ1) is 21.2. The molecule has 3 amide bonds. The lowest BCUT2D eigenvalue weighted by atomic mass is 9.85. The second-order valence-electron chi connectivity index (χ2n) is 7.26. The fourth-order valence-electron chi connectivity index (χ4n) is 3.71. The zero-order valence-corrected chi connectivity index (χ0v) is 16.5. The normalized spacial score (nSPS) is 21.2. The largest absolute Gasteiger partial charge is 0.454 e. The first-order chi connectivity index (χ1) is 14.2. The van der Waals surface area contributed by atoms with Gasteiger partial charge in [-0.15, -0.1) is 0 Å². The standard InChI is InChI=1S/C20H21N3O7/c1-11-6-5-9-15(23(28)29)17(11)21-16(24)10-30-20(27)12(2)22-18(25)13-7-3-4-8-14(13)19(22)26/h3-6,9,12-14H,7-8,10H2,1-2H3,(H,21,24)/t12-,13+,14+/m0/s1. The number of ether oxygens (including phenoxy) is 1. The number of benzene rings is 1. The summed E-state index contributed by atoms with van der Waals surface area (Å²) in [7, 11) is 0. The van der Waals surface area contributed by atoms with Gasteiger partial charge in [-0.05, 0) is 32.3 Å². The van der Waals surface area contributed by atoms with Crippen LogP contribution < -0.4 is 5.32 Å². The zero-order valence-electron chi connectivity index (χ0n) is 16.5. The molecule has 10 nitrogen and oxygen atoms in total. The van der Waals surface area contributed by atoms with E-state index in [4.69, 9.17) is 4.74 Å². The lowest BCUT2D eigenvalue weighted by molar-refractivity contribution is -0.384. The van der Waals surface area contributed by atoms with Crippen molar-refractivity contribution in [1.29, 1.82) is 0 Å². The van der Waals surface area contributed by atoms with Crippen LogP contribution in [-0.4, -0.2) is 46.2 Å². The molecule has 0 radical (unpaired) electrons. The van der Waals surface area contributed by atoms with Gasteiger partial charge in [-0.2, -0.15) is 0 Å². The Kier molecular flexibility index (Phi) is 5.95. The van der Waals surface area contributed by atoms with Crippen LogP contribution >= 0.6 is 0 Å². The van der Waals surface area contributed by atoms with E-state index in [1.807, 2.05) is 12.2 Å². The molecule has 30 heavy (non-hydrogen) atoms. The number of anilines is 1. The Bertz CT molecular complexity index is 930. The van der Waals surface area contributed by atoms with E-state index in [0.29, 0.717) is 18.4 Å². The number of para-hydroxylation sites is 1. The summed E-state index contributed by atoms with van der Waals surface area (Å²) in [5.41, 5.74) is 0.201. The molecule has 0 bridgehead atoms. The third kappa shape index (κ3) is 3.93. The van der Waals surface area contributed by atoms with E-state index in [9.17, 15) is 29.3 Å². The number of carbonyl (C=O) groups is 4. The summed E-state index contributed by atoms with van der Waals surface area (Å²) in [4.78, 5) is 61.0. The quantitative estimate of drug-likeness (QED) is 0.246. The summed E-state index contributed by atoms with van der Waals surface area (Å²) in [5.74, 6) is -3.45. The Morgan fingerprint density at radius 3 is 2.40 bits per heavy atom. The van der Waals surface area contributed by atoms with Gasteiger partial charge in [0.2, 0.25) is 11.8 Å². The van der Waals surface area contributed by atoms with Crippen molar-refractivity contribution in [3.05, 3.63) is 46.0 Å². The molecule has 3 atom stereocenters. The number of nitro benzene ring substituents is 1. The first-order valence-electron chi connectivity index (χ1n) is 9.44. The van der Waals surface area contributed by atoms with Gasteiger partial charge >= 0.3 is 5.97 Å². The predicted molar refractivity (Wildman–Crippen MR) is 104 cm³/mol. The molecule has 158 valence electrons. The molecular weight excluding hydrogens is 394 g/mol. The van der Waals surface area contributed by atoms with E-state index in [0.717, 1.165) is 4.90 Å². The minimum Gasteiger partial charge on any atom is -0.454 e. The van der Waals surface area contributed by atoms with Crippen molar-refractivity contribution in [2.24, 2.45) is 11.8 Å². The molecule has 1 N–H and O–H groups in total. The second kappa shape index (κ2) is 8.44. The van der Waals surface area contributed by atoms with Crippen LogP contribution in [0.25, 0.3) is 0 Å². The van der Waals surface area contributed by atoms with Crippen molar-refractivity contribution in [2.75, 3.05) is 11.9 Å². The molecule has 1 aromatic carbocycles. The van der Waals surface area contributed by atoms with Gasteiger partial charge in [0.05, 0.1) is 16.8 Å².